The van der Waals surface area contributed by atoms with Crippen molar-refractivity contribution in [2.45, 2.75) is 17.6 Å². The summed E-state index contributed by atoms with van der Waals surface area (Å²) >= 11 is 9.55. The molecule has 0 aliphatic heterocycles. The van der Waals surface area contributed by atoms with Crippen LogP contribution in [0.5, 0.6) is 0 Å². The first kappa shape index (κ1) is 19.9. The highest BCUT2D eigenvalue weighted by atomic mass is 35.5. The minimum absolute atomic E-state index is 0.0914. The molecule has 2 aromatic carbocycles. The quantitative estimate of drug-likeness (QED) is 0.363. The first-order valence-electron chi connectivity index (χ1n) is 8.65. The summed E-state index contributed by atoms with van der Waals surface area (Å²) in [5.74, 6) is -0.0914. The van der Waals surface area contributed by atoms with E-state index in [4.69, 9.17) is 16.6 Å². The number of anilines is 1. The van der Waals surface area contributed by atoms with Crippen LogP contribution in [0, 0.1) is 12.8 Å². The number of carbonyl (C=O) groups is 1. The second kappa shape index (κ2) is 9.40. The van der Waals surface area contributed by atoms with Gasteiger partial charge in [-0.1, -0.05) is 65.4 Å². The molecule has 0 fully saturated rings. The van der Waals surface area contributed by atoms with Crippen LogP contribution >= 0.6 is 34.7 Å². The van der Waals surface area contributed by atoms with Crippen LogP contribution in [0.15, 0.2) is 52.7 Å². The van der Waals surface area contributed by atoms with Gasteiger partial charge in [-0.3, -0.25) is 0 Å². The number of hydrogen-bond acceptors (Lipinski definition) is 5. The van der Waals surface area contributed by atoms with Crippen molar-refractivity contribution in [2.24, 2.45) is 5.92 Å². The zero-order chi connectivity index (χ0) is 19.2. The van der Waals surface area contributed by atoms with Crippen LogP contribution in [-0.2, 0) is 11.2 Å². The number of aryl methyl sites for hydroxylation is 1. The number of aromatic nitrogens is 1. The Hall–Kier alpha value is -1.82. The van der Waals surface area contributed by atoms with Crippen LogP contribution in [0.25, 0.3) is 11.3 Å². The van der Waals surface area contributed by atoms with Crippen LogP contribution < -0.4 is 5.32 Å². The Morgan fingerprint density at radius 1 is 1.26 bits per heavy atom. The Bertz CT molecular complexity index is 912. The van der Waals surface area contributed by atoms with Gasteiger partial charge < -0.3 is 10.1 Å². The van der Waals surface area contributed by atoms with E-state index in [2.05, 4.69) is 5.32 Å². The molecule has 3 rings (SSSR count). The van der Waals surface area contributed by atoms with E-state index in [9.17, 15) is 4.79 Å². The SMILES string of the molecule is CSc1sc(NCC(C=O)Cc2ccccc2)nc1-c1ccc(C)c(Cl)c1. The van der Waals surface area contributed by atoms with Gasteiger partial charge in [-0.25, -0.2) is 4.98 Å². The van der Waals surface area contributed by atoms with Crippen molar-refractivity contribution >= 4 is 46.1 Å². The van der Waals surface area contributed by atoms with E-state index in [0.717, 1.165) is 49.5 Å². The summed E-state index contributed by atoms with van der Waals surface area (Å²) in [5, 5.41) is 4.90. The van der Waals surface area contributed by atoms with Crippen LogP contribution in [-0.4, -0.2) is 24.1 Å². The topological polar surface area (TPSA) is 42.0 Å². The number of thiazole rings is 1. The molecule has 1 N–H and O–H groups in total. The number of carbonyl (C=O) groups excluding carboxylic acids is 1. The number of hydrogen-bond donors (Lipinski definition) is 1. The summed E-state index contributed by atoms with van der Waals surface area (Å²) in [6, 6.07) is 16.1. The maximum absolute atomic E-state index is 11.5. The first-order chi connectivity index (χ1) is 13.1. The van der Waals surface area contributed by atoms with Crippen molar-refractivity contribution < 1.29 is 4.79 Å². The molecule has 0 amide bonds. The molecule has 1 unspecified atom stereocenters. The van der Waals surface area contributed by atoms with E-state index in [1.165, 1.54) is 0 Å². The van der Waals surface area contributed by atoms with Gasteiger partial charge in [-0.15, -0.1) is 11.8 Å². The Morgan fingerprint density at radius 2 is 2.04 bits per heavy atom. The monoisotopic (exact) mass is 416 g/mol. The van der Waals surface area contributed by atoms with Gasteiger partial charge in [0.15, 0.2) is 5.13 Å². The van der Waals surface area contributed by atoms with E-state index < -0.39 is 0 Å². The summed E-state index contributed by atoms with van der Waals surface area (Å²) in [6.45, 7) is 2.55. The number of thioether (sulfide) groups is 1. The lowest BCUT2D eigenvalue weighted by atomic mass is 10.0. The van der Waals surface area contributed by atoms with Gasteiger partial charge in [0, 0.05) is 23.0 Å². The maximum atomic E-state index is 11.5. The molecule has 0 aliphatic rings. The predicted octanol–water partition coefficient (Wildman–Crippen LogP) is 5.96. The smallest absolute Gasteiger partial charge is 0.184 e. The van der Waals surface area contributed by atoms with Gasteiger partial charge in [0.05, 0.1) is 9.90 Å². The third-order valence-electron chi connectivity index (χ3n) is 4.28. The molecule has 0 bridgehead atoms. The number of halogens is 1. The Morgan fingerprint density at radius 3 is 2.70 bits per heavy atom. The molecule has 0 saturated carbocycles. The van der Waals surface area contributed by atoms with Crippen molar-refractivity contribution in [3.8, 4) is 11.3 Å². The van der Waals surface area contributed by atoms with Crippen molar-refractivity contribution in [1.29, 1.82) is 0 Å². The lowest BCUT2D eigenvalue weighted by Gasteiger charge is -2.10. The molecule has 6 heteroatoms. The average Bonchev–Trinajstić information content (AvgIpc) is 3.11. The van der Waals surface area contributed by atoms with Gasteiger partial charge in [-0.2, -0.15) is 0 Å². The van der Waals surface area contributed by atoms with E-state index in [1.54, 1.807) is 23.1 Å². The zero-order valence-corrected chi connectivity index (χ0v) is 17.6. The number of benzene rings is 2. The minimum Gasteiger partial charge on any atom is -0.361 e. The van der Waals surface area contributed by atoms with Gasteiger partial charge in [-0.05, 0) is 36.8 Å². The lowest BCUT2D eigenvalue weighted by molar-refractivity contribution is -0.110. The standard InChI is InChI=1S/C21H21ClN2OS2/c1-14-8-9-17(11-18(14)22)19-20(26-2)27-21(24-19)23-12-16(13-25)10-15-6-4-3-5-7-15/h3-9,11,13,16H,10,12H2,1-2H3,(H,23,24). The van der Waals surface area contributed by atoms with E-state index in [-0.39, 0.29) is 5.92 Å². The molecular weight excluding hydrogens is 396 g/mol. The lowest BCUT2D eigenvalue weighted by Crippen LogP contribution is -2.18. The summed E-state index contributed by atoms with van der Waals surface area (Å²) in [7, 11) is 0. The van der Waals surface area contributed by atoms with Gasteiger partial charge >= 0.3 is 0 Å². The molecule has 0 saturated heterocycles. The summed E-state index contributed by atoms with van der Waals surface area (Å²) in [4.78, 5) is 16.2. The number of rotatable bonds is 8. The second-order valence-electron chi connectivity index (χ2n) is 6.29. The Kier molecular flexibility index (Phi) is 6.94. The molecule has 0 spiro atoms. The number of nitrogens with one attached hydrogen (secondary N) is 1. The first-order valence-corrected chi connectivity index (χ1v) is 11.1. The zero-order valence-electron chi connectivity index (χ0n) is 15.2. The molecule has 1 atom stereocenters. The molecule has 3 aromatic rings. The summed E-state index contributed by atoms with van der Waals surface area (Å²) in [5.41, 5.74) is 4.16. The van der Waals surface area contributed by atoms with Crippen molar-refractivity contribution in [2.75, 3.05) is 18.1 Å². The molecule has 3 nitrogen and oxygen atoms in total. The largest absolute Gasteiger partial charge is 0.361 e. The Labute approximate surface area is 173 Å². The fourth-order valence-electron chi connectivity index (χ4n) is 2.75. The van der Waals surface area contributed by atoms with Gasteiger partial charge in [0.2, 0.25) is 0 Å². The van der Waals surface area contributed by atoms with Crippen molar-refractivity contribution in [3.63, 3.8) is 0 Å². The van der Waals surface area contributed by atoms with Crippen LogP contribution in [0.4, 0.5) is 5.13 Å². The second-order valence-corrected chi connectivity index (χ2v) is 8.77. The molecule has 27 heavy (non-hydrogen) atoms. The Balaban J connectivity index is 1.72. The molecule has 0 aliphatic carbocycles. The maximum Gasteiger partial charge on any atom is 0.184 e. The van der Waals surface area contributed by atoms with E-state index in [0.29, 0.717) is 6.54 Å². The van der Waals surface area contributed by atoms with Gasteiger partial charge in [0.25, 0.3) is 0 Å². The molecule has 140 valence electrons. The minimum atomic E-state index is -0.0914. The van der Waals surface area contributed by atoms with Crippen LogP contribution in [0.2, 0.25) is 5.02 Å². The predicted molar refractivity (Wildman–Crippen MR) is 117 cm³/mol. The third kappa shape index (κ3) is 5.12. The number of aldehydes is 1. The van der Waals surface area contributed by atoms with E-state index in [1.807, 2.05) is 61.7 Å². The van der Waals surface area contributed by atoms with E-state index >= 15 is 0 Å². The highest BCUT2D eigenvalue weighted by molar-refractivity contribution is 8.00. The van der Waals surface area contributed by atoms with Crippen molar-refractivity contribution in [3.05, 3.63) is 64.7 Å². The normalized spacial score (nSPS) is 12.0. The van der Waals surface area contributed by atoms with Crippen LogP contribution in [0.1, 0.15) is 11.1 Å². The molecule has 1 aromatic heterocycles. The molecule has 0 radical (unpaired) electrons. The molecular formula is C21H21ClN2OS2. The summed E-state index contributed by atoms with van der Waals surface area (Å²) < 4.78 is 1.13. The van der Waals surface area contributed by atoms with Gasteiger partial charge in [0.1, 0.15) is 6.29 Å². The summed E-state index contributed by atoms with van der Waals surface area (Å²) in [6.07, 6.45) is 3.78. The highest BCUT2D eigenvalue weighted by Gasteiger charge is 2.15. The number of nitrogens with zero attached hydrogens (tertiary/aromatic N) is 1. The third-order valence-corrected chi connectivity index (χ3v) is 6.80. The fourth-order valence-corrected chi connectivity index (χ4v) is 4.58. The fraction of sp³-hybridized carbons (Fsp3) is 0.238. The molecule has 1 heterocycles. The average molecular weight is 417 g/mol. The van der Waals surface area contributed by atoms with Crippen molar-refractivity contribution in [1.82, 2.24) is 4.98 Å². The highest BCUT2D eigenvalue weighted by Crippen LogP contribution is 2.38. The van der Waals surface area contributed by atoms with Crippen LogP contribution in [0.3, 0.4) is 0 Å².